The number of nitrogens with zero attached hydrogens (tertiary/aromatic N) is 1. The molecular formula is C14H12BrCl2NO3S2. The van der Waals surface area contributed by atoms with E-state index in [9.17, 15) is 8.42 Å². The molecule has 1 unspecified atom stereocenters. The number of halogens is 3. The van der Waals surface area contributed by atoms with Gasteiger partial charge in [0.05, 0.1) is 16.5 Å². The Bertz CT molecular complexity index is 805. The summed E-state index contributed by atoms with van der Waals surface area (Å²) >= 11 is 16.5. The van der Waals surface area contributed by atoms with Gasteiger partial charge in [-0.3, -0.25) is 0 Å². The van der Waals surface area contributed by atoms with Crippen LogP contribution in [0.2, 0.25) is 10.0 Å². The molecule has 9 heteroatoms. The molecule has 1 atom stereocenters. The third-order valence-electron chi connectivity index (χ3n) is 3.43. The topological polar surface area (TPSA) is 46.6 Å². The number of hydrogen-bond acceptors (Lipinski definition) is 4. The number of rotatable bonds is 3. The molecule has 0 spiro atoms. The molecule has 1 fully saturated rings. The first-order valence-corrected chi connectivity index (χ1v) is 10.5. The van der Waals surface area contributed by atoms with Crippen molar-refractivity contribution < 1.29 is 13.2 Å². The summed E-state index contributed by atoms with van der Waals surface area (Å²) in [5, 5.41) is 0.997. The van der Waals surface area contributed by atoms with Gasteiger partial charge in [0.15, 0.2) is 0 Å². The van der Waals surface area contributed by atoms with Crippen molar-refractivity contribution in [2.24, 2.45) is 0 Å². The van der Waals surface area contributed by atoms with Crippen LogP contribution in [-0.2, 0) is 14.8 Å². The van der Waals surface area contributed by atoms with Gasteiger partial charge < -0.3 is 4.74 Å². The van der Waals surface area contributed by atoms with E-state index < -0.39 is 16.1 Å². The second-order valence-electron chi connectivity index (χ2n) is 4.98. The van der Waals surface area contributed by atoms with Gasteiger partial charge in [-0.05, 0) is 51.8 Å². The minimum atomic E-state index is -3.53. The van der Waals surface area contributed by atoms with E-state index in [2.05, 4.69) is 15.9 Å². The lowest BCUT2D eigenvalue weighted by atomic mass is 10.1. The summed E-state index contributed by atoms with van der Waals surface area (Å²) in [7, 11) is -3.53. The fourth-order valence-electron chi connectivity index (χ4n) is 2.37. The Balaban J connectivity index is 1.86. The zero-order valence-electron chi connectivity index (χ0n) is 11.7. The highest BCUT2D eigenvalue weighted by atomic mass is 79.9. The van der Waals surface area contributed by atoms with Crippen LogP contribution in [0.25, 0.3) is 0 Å². The van der Waals surface area contributed by atoms with E-state index in [1.54, 1.807) is 30.3 Å². The van der Waals surface area contributed by atoms with Crippen LogP contribution in [0.15, 0.2) is 38.3 Å². The predicted octanol–water partition coefficient (Wildman–Crippen LogP) is 4.58. The third kappa shape index (κ3) is 3.92. The van der Waals surface area contributed by atoms with E-state index in [4.69, 9.17) is 27.9 Å². The summed E-state index contributed by atoms with van der Waals surface area (Å²) in [5.41, 5.74) is 0.773. The third-order valence-corrected chi connectivity index (χ3v) is 7.82. The lowest BCUT2D eigenvalue weighted by Crippen LogP contribution is -2.41. The van der Waals surface area contributed by atoms with Gasteiger partial charge in [-0.2, -0.15) is 4.31 Å². The van der Waals surface area contributed by atoms with Crippen LogP contribution >= 0.6 is 50.5 Å². The minimum Gasteiger partial charge on any atom is -0.371 e. The molecule has 2 heterocycles. The van der Waals surface area contributed by atoms with Gasteiger partial charge in [0, 0.05) is 23.1 Å². The van der Waals surface area contributed by atoms with E-state index in [-0.39, 0.29) is 6.54 Å². The highest BCUT2D eigenvalue weighted by Crippen LogP contribution is 2.33. The lowest BCUT2D eigenvalue weighted by molar-refractivity contribution is -0.00249. The maximum Gasteiger partial charge on any atom is 0.252 e. The zero-order chi connectivity index (χ0) is 16.6. The van der Waals surface area contributed by atoms with Crippen molar-refractivity contribution in [3.8, 4) is 0 Å². The molecule has 124 valence electrons. The fourth-order valence-corrected chi connectivity index (χ4v) is 6.50. The molecule has 1 aliphatic rings. The van der Waals surface area contributed by atoms with Crippen LogP contribution in [0.3, 0.4) is 0 Å². The summed E-state index contributed by atoms with van der Waals surface area (Å²) in [5.74, 6) is 0. The first-order valence-electron chi connectivity index (χ1n) is 6.69. The van der Waals surface area contributed by atoms with Crippen LogP contribution in [0, 0.1) is 0 Å². The van der Waals surface area contributed by atoms with Gasteiger partial charge in [-0.25, -0.2) is 8.42 Å². The van der Waals surface area contributed by atoms with Crippen molar-refractivity contribution in [3.63, 3.8) is 0 Å². The Hall–Kier alpha value is -0.150. The average Bonchev–Trinajstić information content (AvgIpc) is 2.94. The molecule has 1 aromatic heterocycles. The number of thiophene rings is 1. The number of benzene rings is 1. The fraction of sp³-hybridized carbons (Fsp3) is 0.286. The Morgan fingerprint density at radius 1 is 1.22 bits per heavy atom. The minimum absolute atomic E-state index is 0.231. The van der Waals surface area contributed by atoms with Crippen molar-refractivity contribution in [2.45, 2.75) is 10.3 Å². The summed E-state index contributed by atoms with van der Waals surface area (Å²) in [6.45, 7) is 0.873. The van der Waals surface area contributed by atoms with E-state index in [1.807, 2.05) is 0 Å². The highest BCUT2D eigenvalue weighted by Gasteiger charge is 2.32. The van der Waals surface area contributed by atoms with E-state index in [0.717, 1.165) is 9.35 Å². The van der Waals surface area contributed by atoms with Crippen molar-refractivity contribution in [1.29, 1.82) is 0 Å². The molecule has 0 radical (unpaired) electrons. The first-order chi connectivity index (χ1) is 10.9. The maximum atomic E-state index is 12.7. The molecule has 0 amide bonds. The van der Waals surface area contributed by atoms with Gasteiger partial charge in [-0.1, -0.05) is 23.2 Å². The second kappa shape index (κ2) is 7.00. The van der Waals surface area contributed by atoms with Crippen molar-refractivity contribution in [2.75, 3.05) is 19.7 Å². The number of sulfonamides is 1. The van der Waals surface area contributed by atoms with E-state index in [0.29, 0.717) is 27.4 Å². The maximum absolute atomic E-state index is 12.7. The van der Waals surface area contributed by atoms with E-state index in [1.165, 1.54) is 15.6 Å². The summed E-state index contributed by atoms with van der Waals surface area (Å²) < 4.78 is 33.7. The van der Waals surface area contributed by atoms with Crippen LogP contribution in [-0.4, -0.2) is 32.4 Å². The molecule has 2 aromatic rings. The lowest BCUT2D eigenvalue weighted by Gasteiger charge is -2.32. The molecule has 23 heavy (non-hydrogen) atoms. The van der Waals surface area contributed by atoms with Gasteiger partial charge >= 0.3 is 0 Å². The standard InChI is InChI=1S/C14H12BrCl2NO3S2/c15-13-1-2-14(22-13)23(19,20)18-3-4-21-12(8-18)9-5-10(16)7-11(17)6-9/h1-2,5-7,12H,3-4,8H2. The number of ether oxygens (including phenoxy) is 1. The van der Waals surface area contributed by atoms with Crippen molar-refractivity contribution in [3.05, 3.63) is 49.7 Å². The monoisotopic (exact) mass is 455 g/mol. The van der Waals surface area contributed by atoms with Crippen LogP contribution in [0.1, 0.15) is 11.7 Å². The second-order valence-corrected chi connectivity index (χ2v) is 10.5. The SMILES string of the molecule is O=S(=O)(c1ccc(Br)s1)N1CCOC(c2cc(Cl)cc(Cl)c2)C1. The highest BCUT2D eigenvalue weighted by molar-refractivity contribution is 9.11. The van der Waals surface area contributed by atoms with Crippen LogP contribution in [0.5, 0.6) is 0 Å². The zero-order valence-corrected chi connectivity index (χ0v) is 16.4. The van der Waals surface area contributed by atoms with E-state index >= 15 is 0 Å². The molecule has 0 saturated carbocycles. The molecular weight excluding hydrogens is 445 g/mol. The predicted molar refractivity (Wildman–Crippen MR) is 95.9 cm³/mol. The number of hydrogen-bond donors (Lipinski definition) is 0. The smallest absolute Gasteiger partial charge is 0.252 e. The summed E-state index contributed by atoms with van der Waals surface area (Å²) in [4.78, 5) is 0. The van der Waals surface area contributed by atoms with Crippen LogP contribution < -0.4 is 0 Å². The largest absolute Gasteiger partial charge is 0.371 e. The summed E-state index contributed by atoms with van der Waals surface area (Å²) in [6.07, 6.45) is -0.391. The quantitative estimate of drug-likeness (QED) is 0.678. The molecule has 0 N–H and O–H groups in total. The molecule has 0 bridgehead atoms. The van der Waals surface area contributed by atoms with Crippen molar-refractivity contribution >= 4 is 60.5 Å². The molecule has 1 aromatic carbocycles. The Morgan fingerprint density at radius 2 is 1.91 bits per heavy atom. The van der Waals surface area contributed by atoms with Crippen LogP contribution in [0.4, 0.5) is 0 Å². The molecule has 1 saturated heterocycles. The first kappa shape index (κ1) is 17.7. The van der Waals surface area contributed by atoms with Gasteiger partial charge in [0.2, 0.25) is 0 Å². The Labute approximate surface area is 157 Å². The van der Waals surface area contributed by atoms with Gasteiger partial charge in [0.25, 0.3) is 10.0 Å². The molecule has 4 nitrogen and oxygen atoms in total. The molecule has 3 rings (SSSR count). The molecule has 0 aliphatic carbocycles. The summed E-state index contributed by atoms with van der Waals surface area (Å²) in [6, 6.07) is 8.45. The normalized spacial score (nSPS) is 19.9. The van der Waals surface area contributed by atoms with Crippen molar-refractivity contribution in [1.82, 2.24) is 4.31 Å². The van der Waals surface area contributed by atoms with Gasteiger partial charge in [0.1, 0.15) is 4.21 Å². The Morgan fingerprint density at radius 3 is 2.52 bits per heavy atom. The molecule has 1 aliphatic heterocycles. The number of morpholine rings is 1. The average molecular weight is 457 g/mol. The van der Waals surface area contributed by atoms with Gasteiger partial charge in [-0.15, -0.1) is 11.3 Å². The Kier molecular flexibility index (Phi) is 5.37.